The maximum absolute atomic E-state index is 5.07. The number of allylic oxidation sites excluding steroid dienone is 2. The molecule has 4 N–H and O–H groups in total. The van der Waals surface area contributed by atoms with Crippen LogP contribution in [0.5, 0.6) is 0 Å². The van der Waals surface area contributed by atoms with Crippen molar-refractivity contribution in [3.05, 3.63) is 24.6 Å². The molecule has 2 heteroatoms. The fourth-order valence-electron chi connectivity index (χ4n) is 0.385. The highest BCUT2D eigenvalue weighted by Crippen LogP contribution is 1.88. The average Bonchev–Trinajstić information content (AvgIpc) is 1.81. The summed E-state index contributed by atoms with van der Waals surface area (Å²) >= 11 is 0. The second-order valence-electron chi connectivity index (χ2n) is 1.43. The van der Waals surface area contributed by atoms with Crippen molar-refractivity contribution in [3.8, 4) is 0 Å². The Balaban J connectivity index is 2.93. The first kappa shape index (κ1) is 7.08. The van der Waals surface area contributed by atoms with Gasteiger partial charge in [-0.3, -0.25) is 0 Å². The minimum absolute atomic E-state index is 0.976. The summed E-state index contributed by atoms with van der Waals surface area (Å²) < 4.78 is 0. The molecule has 0 saturated heterocycles. The lowest BCUT2D eigenvalue weighted by atomic mass is 10.3. The molecule has 0 radical (unpaired) electrons. The number of hydrogen-bond donors (Lipinski definition) is 2. The van der Waals surface area contributed by atoms with Gasteiger partial charge in [0.2, 0.25) is 0 Å². The Kier molecular flexibility index (Phi) is 5.38. The van der Waals surface area contributed by atoms with Crippen LogP contribution in [0, 0.1) is 0 Å². The molecule has 0 aliphatic heterocycles. The lowest BCUT2D eigenvalue weighted by molar-refractivity contribution is 1.04. The number of unbranched alkanes of at least 4 members (excludes halogenated alkanes) is 1. The van der Waals surface area contributed by atoms with E-state index < -0.39 is 0 Å². The van der Waals surface area contributed by atoms with Gasteiger partial charge in [-0.2, -0.15) is 0 Å². The van der Waals surface area contributed by atoms with E-state index in [-0.39, 0.29) is 0 Å². The molecule has 0 bridgehead atoms. The summed E-state index contributed by atoms with van der Waals surface area (Å²) in [5, 5.41) is 0. The SMILES string of the molecule is NC=CCCC=CN. The van der Waals surface area contributed by atoms with E-state index in [1.54, 1.807) is 12.4 Å². The smallest absolute Gasteiger partial charge is 0.0103 e. The third kappa shape index (κ3) is 5.08. The first-order valence-electron chi connectivity index (χ1n) is 2.65. The Labute approximate surface area is 49.9 Å². The molecule has 0 aromatic heterocycles. The quantitative estimate of drug-likeness (QED) is 0.528. The van der Waals surface area contributed by atoms with Crippen molar-refractivity contribution in [2.75, 3.05) is 0 Å². The van der Waals surface area contributed by atoms with Crippen molar-refractivity contribution in [1.29, 1.82) is 0 Å². The van der Waals surface area contributed by atoms with Gasteiger partial charge in [0.15, 0.2) is 0 Å². The largest absolute Gasteiger partial charge is 0.405 e. The molecule has 0 saturated carbocycles. The molecule has 8 heavy (non-hydrogen) atoms. The van der Waals surface area contributed by atoms with Gasteiger partial charge in [-0.1, -0.05) is 12.2 Å². The Bertz CT molecular complexity index is 72.5. The van der Waals surface area contributed by atoms with E-state index in [2.05, 4.69) is 0 Å². The van der Waals surface area contributed by atoms with Crippen molar-refractivity contribution in [2.24, 2.45) is 11.5 Å². The summed E-state index contributed by atoms with van der Waals surface area (Å²) in [7, 11) is 0. The van der Waals surface area contributed by atoms with Crippen LogP contribution in [0.25, 0.3) is 0 Å². The van der Waals surface area contributed by atoms with E-state index in [1.807, 2.05) is 12.2 Å². The highest BCUT2D eigenvalue weighted by molar-refractivity contribution is 4.82. The van der Waals surface area contributed by atoms with E-state index in [9.17, 15) is 0 Å². The summed E-state index contributed by atoms with van der Waals surface area (Å²) in [6.45, 7) is 0. The Morgan fingerprint density at radius 2 is 1.25 bits per heavy atom. The van der Waals surface area contributed by atoms with Crippen LogP contribution >= 0.6 is 0 Å². The van der Waals surface area contributed by atoms with Gasteiger partial charge in [0, 0.05) is 0 Å². The van der Waals surface area contributed by atoms with E-state index in [0.717, 1.165) is 12.8 Å². The zero-order valence-corrected chi connectivity index (χ0v) is 4.88. The lowest BCUT2D eigenvalue weighted by Crippen LogP contribution is -1.77. The molecular formula is C6H12N2. The van der Waals surface area contributed by atoms with Gasteiger partial charge in [-0.05, 0) is 25.2 Å². The fraction of sp³-hybridized carbons (Fsp3) is 0.333. The average molecular weight is 112 g/mol. The van der Waals surface area contributed by atoms with Gasteiger partial charge in [-0.15, -0.1) is 0 Å². The van der Waals surface area contributed by atoms with E-state index in [4.69, 9.17) is 11.5 Å². The Morgan fingerprint density at radius 3 is 1.50 bits per heavy atom. The predicted molar refractivity (Wildman–Crippen MR) is 35.9 cm³/mol. The standard InChI is InChI=1S/C6H12N2/c7-5-3-1-2-4-6-8/h3-6H,1-2,7-8H2. The summed E-state index contributed by atoms with van der Waals surface area (Å²) in [5.41, 5.74) is 10.1. The van der Waals surface area contributed by atoms with Crippen LogP contribution in [0.2, 0.25) is 0 Å². The molecule has 0 aromatic rings. The molecule has 46 valence electrons. The molecule has 2 nitrogen and oxygen atoms in total. The van der Waals surface area contributed by atoms with Crippen LogP contribution in [0.4, 0.5) is 0 Å². The third-order valence-electron chi connectivity index (χ3n) is 0.772. The third-order valence-corrected chi connectivity index (χ3v) is 0.772. The number of hydrogen-bond acceptors (Lipinski definition) is 2. The molecular weight excluding hydrogens is 100 g/mol. The predicted octanol–water partition coefficient (Wildman–Crippen LogP) is 0.711. The van der Waals surface area contributed by atoms with Gasteiger partial charge < -0.3 is 11.5 Å². The van der Waals surface area contributed by atoms with E-state index >= 15 is 0 Å². The maximum Gasteiger partial charge on any atom is -0.0103 e. The number of rotatable bonds is 3. The zero-order chi connectivity index (χ0) is 6.24. The highest BCUT2D eigenvalue weighted by atomic mass is 14.5. The molecule has 0 aliphatic rings. The van der Waals surface area contributed by atoms with Crippen LogP contribution in [-0.2, 0) is 0 Å². The molecule has 0 atom stereocenters. The summed E-state index contributed by atoms with van der Waals surface area (Å²) in [5.74, 6) is 0. The summed E-state index contributed by atoms with van der Waals surface area (Å²) in [6, 6.07) is 0. The molecule has 0 heterocycles. The van der Waals surface area contributed by atoms with Gasteiger partial charge in [0.1, 0.15) is 0 Å². The van der Waals surface area contributed by atoms with Crippen LogP contribution in [0.1, 0.15) is 12.8 Å². The monoisotopic (exact) mass is 112 g/mol. The van der Waals surface area contributed by atoms with Gasteiger partial charge >= 0.3 is 0 Å². The zero-order valence-electron chi connectivity index (χ0n) is 4.88. The van der Waals surface area contributed by atoms with E-state index in [1.165, 1.54) is 0 Å². The van der Waals surface area contributed by atoms with E-state index in [0.29, 0.717) is 0 Å². The summed E-state index contributed by atoms with van der Waals surface area (Å²) in [6.07, 6.45) is 8.85. The maximum atomic E-state index is 5.07. The first-order chi connectivity index (χ1) is 3.91. The number of nitrogens with two attached hydrogens (primary N) is 2. The molecule has 0 spiro atoms. The minimum Gasteiger partial charge on any atom is -0.405 e. The topological polar surface area (TPSA) is 52.0 Å². The molecule has 0 unspecified atom stereocenters. The Morgan fingerprint density at radius 1 is 0.875 bits per heavy atom. The van der Waals surface area contributed by atoms with Crippen LogP contribution in [-0.4, -0.2) is 0 Å². The second kappa shape index (κ2) is 6.08. The molecule has 0 fully saturated rings. The van der Waals surface area contributed by atoms with Gasteiger partial charge in [-0.25, -0.2) is 0 Å². The first-order valence-corrected chi connectivity index (χ1v) is 2.65. The van der Waals surface area contributed by atoms with Crippen LogP contribution < -0.4 is 11.5 Å². The van der Waals surface area contributed by atoms with Crippen molar-refractivity contribution < 1.29 is 0 Å². The van der Waals surface area contributed by atoms with Crippen molar-refractivity contribution >= 4 is 0 Å². The Hall–Kier alpha value is -0.920. The molecule has 0 aromatic carbocycles. The summed E-state index contributed by atoms with van der Waals surface area (Å²) in [4.78, 5) is 0. The normalized spacial score (nSPS) is 11.5. The minimum atomic E-state index is 0.976. The van der Waals surface area contributed by atoms with Crippen LogP contribution in [0.15, 0.2) is 24.6 Å². The fourth-order valence-corrected chi connectivity index (χ4v) is 0.385. The van der Waals surface area contributed by atoms with Crippen molar-refractivity contribution in [3.63, 3.8) is 0 Å². The van der Waals surface area contributed by atoms with Gasteiger partial charge in [0.25, 0.3) is 0 Å². The highest BCUT2D eigenvalue weighted by Gasteiger charge is 1.71. The second-order valence-corrected chi connectivity index (χ2v) is 1.43. The lowest BCUT2D eigenvalue weighted by Gasteiger charge is -1.81. The van der Waals surface area contributed by atoms with Crippen molar-refractivity contribution in [1.82, 2.24) is 0 Å². The van der Waals surface area contributed by atoms with Crippen molar-refractivity contribution in [2.45, 2.75) is 12.8 Å². The molecule has 0 amide bonds. The molecule has 0 rings (SSSR count). The molecule has 0 aliphatic carbocycles. The van der Waals surface area contributed by atoms with Gasteiger partial charge in [0.05, 0.1) is 0 Å². The van der Waals surface area contributed by atoms with Crippen LogP contribution in [0.3, 0.4) is 0 Å².